The van der Waals surface area contributed by atoms with Crippen LogP contribution in [0.5, 0.6) is 5.75 Å². The average molecular weight is 383 g/mol. The molecule has 1 atom stereocenters. The van der Waals surface area contributed by atoms with Crippen LogP contribution in [0.2, 0.25) is 0 Å². The number of aromatic nitrogens is 3. The molecule has 4 rings (SSSR count). The summed E-state index contributed by atoms with van der Waals surface area (Å²) in [6.07, 6.45) is 4.14. The molecule has 0 fully saturated rings. The first-order valence-electron chi connectivity index (χ1n) is 9.40. The molecule has 2 aromatic heterocycles. The molecule has 0 bridgehead atoms. The number of rotatable bonds is 6. The van der Waals surface area contributed by atoms with Gasteiger partial charge < -0.3 is 10.5 Å². The van der Waals surface area contributed by atoms with Crippen LogP contribution in [0.1, 0.15) is 16.8 Å². The minimum Gasteiger partial charge on any atom is -0.490 e. The van der Waals surface area contributed by atoms with E-state index in [1.54, 1.807) is 12.3 Å². The average Bonchev–Trinajstić information content (AvgIpc) is 3.13. The van der Waals surface area contributed by atoms with Gasteiger partial charge in [-0.2, -0.15) is 10.4 Å². The van der Waals surface area contributed by atoms with Crippen LogP contribution >= 0.6 is 0 Å². The van der Waals surface area contributed by atoms with Crippen molar-refractivity contribution in [1.29, 1.82) is 5.26 Å². The number of H-pyrrole nitrogens is 1. The number of hydrogen-bond donors (Lipinski definition) is 2. The highest BCUT2D eigenvalue weighted by Crippen LogP contribution is 2.27. The van der Waals surface area contributed by atoms with Gasteiger partial charge in [0.05, 0.1) is 23.3 Å². The second-order valence-electron chi connectivity index (χ2n) is 7.08. The number of hydrogen-bond acceptors (Lipinski definition) is 5. The predicted molar refractivity (Wildman–Crippen MR) is 112 cm³/mol. The second-order valence-corrected chi connectivity index (χ2v) is 7.08. The number of benzene rings is 2. The highest BCUT2D eigenvalue weighted by Gasteiger charge is 2.09. The van der Waals surface area contributed by atoms with Gasteiger partial charge in [0.2, 0.25) is 0 Å². The third-order valence-corrected chi connectivity index (χ3v) is 4.81. The Hall–Kier alpha value is -3.69. The third kappa shape index (κ3) is 4.26. The van der Waals surface area contributed by atoms with Crippen LogP contribution in [0.25, 0.3) is 22.0 Å². The molecule has 0 aliphatic rings. The zero-order valence-electron chi connectivity index (χ0n) is 16.1. The van der Waals surface area contributed by atoms with E-state index in [-0.39, 0.29) is 6.04 Å². The van der Waals surface area contributed by atoms with E-state index in [9.17, 15) is 0 Å². The number of nitrogens with zero attached hydrogens (tertiary/aromatic N) is 3. The van der Waals surface area contributed by atoms with E-state index in [0.717, 1.165) is 33.3 Å². The second kappa shape index (κ2) is 8.13. The van der Waals surface area contributed by atoms with Crippen LogP contribution in [0.4, 0.5) is 0 Å². The molecule has 0 saturated carbocycles. The number of aromatic amines is 1. The quantitative estimate of drug-likeness (QED) is 0.528. The Morgan fingerprint density at radius 2 is 2.03 bits per heavy atom. The maximum absolute atomic E-state index is 9.01. The summed E-state index contributed by atoms with van der Waals surface area (Å²) in [5, 5.41) is 17.4. The molecule has 144 valence electrons. The Morgan fingerprint density at radius 1 is 1.14 bits per heavy atom. The fraction of sp³-hybridized carbons (Fsp3) is 0.174. The first-order valence-corrected chi connectivity index (χ1v) is 9.40. The fourth-order valence-corrected chi connectivity index (χ4v) is 3.31. The van der Waals surface area contributed by atoms with Gasteiger partial charge in [-0.25, -0.2) is 0 Å². The Kier molecular flexibility index (Phi) is 5.23. The summed E-state index contributed by atoms with van der Waals surface area (Å²) in [4.78, 5) is 4.31. The highest BCUT2D eigenvalue weighted by atomic mass is 16.5. The SMILES string of the molecule is Cc1[nH]nc2ccc(-c3cncc(OCC(N)Cc4cccc(C#N)c4)c3)cc12. The number of ether oxygens (including phenoxy) is 1. The van der Waals surface area contributed by atoms with Crippen LogP contribution < -0.4 is 10.5 Å². The van der Waals surface area contributed by atoms with E-state index in [2.05, 4.69) is 27.3 Å². The Balaban J connectivity index is 1.44. The first-order chi connectivity index (χ1) is 14.1. The molecule has 0 spiro atoms. The zero-order chi connectivity index (χ0) is 20.2. The molecular weight excluding hydrogens is 362 g/mol. The zero-order valence-corrected chi connectivity index (χ0v) is 16.1. The third-order valence-electron chi connectivity index (χ3n) is 4.81. The van der Waals surface area contributed by atoms with Gasteiger partial charge in [0.15, 0.2) is 0 Å². The van der Waals surface area contributed by atoms with Crippen molar-refractivity contribution in [3.8, 4) is 22.9 Å². The lowest BCUT2D eigenvalue weighted by atomic mass is 10.0. The van der Waals surface area contributed by atoms with E-state index in [0.29, 0.717) is 24.3 Å². The number of fused-ring (bicyclic) bond motifs is 1. The lowest BCUT2D eigenvalue weighted by Crippen LogP contribution is -2.30. The number of nitrogens with two attached hydrogens (primary N) is 1. The number of nitrogens with one attached hydrogen (secondary N) is 1. The smallest absolute Gasteiger partial charge is 0.138 e. The van der Waals surface area contributed by atoms with Crippen LogP contribution in [0, 0.1) is 18.3 Å². The molecular formula is C23H21N5O. The molecule has 2 heterocycles. The van der Waals surface area contributed by atoms with E-state index in [4.69, 9.17) is 15.7 Å². The van der Waals surface area contributed by atoms with Gasteiger partial charge in [-0.3, -0.25) is 10.1 Å². The van der Waals surface area contributed by atoms with Crippen molar-refractivity contribution in [3.05, 3.63) is 77.7 Å². The van der Waals surface area contributed by atoms with Gasteiger partial charge in [0, 0.05) is 28.9 Å². The van der Waals surface area contributed by atoms with E-state index >= 15 is 0 Å². The Morgan fingerprint density at radius 3 is 2.90 bits per heavy atom. The monoisotopic (exact) mass is 383 g/mol. The van der Waals surface area contributed by atoms with Crippen LogP contribution in [0.15, 0.2) is 60.9 Å². The topological polar surface area (TPSA) is 101 Å². The van der Waals surface area contributed by atoms with Crippen molar-refractivity contribution in [2.45, 2.75) is 19.4 Å². The van der Waals surface area contributed by atoms with Crippen LogP contribution in [0.3, 0.4) is 0 Å². The van der Waals surface area contributed by atoms with Crippen molar-refractivity contribution < 1.29 is 4.74 Å². The van der Waals surface area contributed by atoms with Gasteiger partial charge in [-0.05, 0) is 54.8 Å². The summed E-state index contributed by atoms with van der Waals surface area (Å²) in [7, 11) is 0. The minimum absolute atomic E-state index is 0.183. The summed E-state index contributed by atoms with van der Waals surface area (Å²) in [5.41, 5.74) is 11.9. The number of nitriles is 1. The standard InChI is InChI=1S/C23H21N5O/c1-15-22-10-18(5-6-23(22)28-27-15)19-9-21(13-26-12-19)29-14-20(25)8-16-3-2-4-17(7-16)11-24/h2-7,9-10,12-13,20H,8,14,25H2,1H3,(H,27,28). The molecule has 29 heavy (non-hydrogen) atoms. The van der Waals surface area contributed by atoms with Crippen molar-refractivity contribution in [2.75, 3.05) is 6.61 Å². The van der Waals surface area contributed by atoms with Crippen LogP contribution in [-0.4, -0.2) is 27.8 Å². The Bertz CT molecular complexity index is 1190. The van der Waals surface area contributed by atoms with Gasteiger partial charge >= 0.3 is 0 Å². The molecule has 0 amide bonds. The van der Waals surface area contributed by atoms with Gasteiger partial charge in [0.1, 0.15) is 12.4 Å². The molecule has 3 N–H and O–H groups in total. The Labute approximate surface area is 169 Å². The number of pyridine rings is 1. The molecule has 0 radical (unpaired) electrons. The molecule has 2 aromatic carbocycles. The molecule has 0 saturated heterocycles. The molecule has 1 unspecified atom stereocenters. The summed E-state index contributed by atoms with van der Waals surface area (Å²) < 4.78 is 5.88. The van der Waals surface area contributed by atoms with Crippen LogP contribution in [-0.2, 0) is 6.42 Å². The lowest BCUT2D eigenvalue weighted by molar-refractivity contribution is 0.286. The minimum atomic E-state index is -0.183. The number of aryl methyl sites for hydroxylation is 1. The van der Waals surface area contributed by atoms with Crippen molar-refractivity contribution in [2.24, 2.45) is 5.73 Å². The largest absolute Gasteiger partial charge is 0.490 e. The highest BCUT2D eigenvalue weighted by molar-refractivity contribution is 5.86. The molecule has 6 nitrogen and oxygen atoms in total. The van der Waals surface area contributed by atoms with Crippen molar-refractivity contribution in [3.63, 3.8) is 0 Å². The summed E-state index contributed by atoms with van der Waals surface area (Å²) in [6, 6.07) is 17.5. The molecule has 4 aromatic rings. The van der Waals surface area contributed by atoms with Crippen molar-refractivity contribution in [1.82, 2.24) is 15.2 Å². The van der Waals surface area contributed by atoms with Crippen molar-refractivity contribution >= 4 is 10.9 Å². The normalized spacial score (nSPS) is 11.9. The predicted octanol–water partition coefficient (Wildman–Crippen LogP) is 3.75. The maximum atomic E-state index is 9.01. The van der Waals surface area contributed by atoms with E-state index in [1.165, 1.54) is 0 Å². The summed E-state index contributed by atoms with van der Waals surface area (Å²) >= 11 is 0. The lowest BCUT2D eigenvalue weighted by Gasteiger charge is -2.14. The van der Waals surface area contributed by atoms with Gasteiger partial charge in [-0.15, -0.1) is 0 Å². The molecule has 0 aliphatic carbocycles. The van der Waals surface area contributed by atoms with E-state index < -0.39 is 0 Å². The first kappa shape index (κ1) is 18.7. The maximum Gasteiger partial charge on any atom is 0.138 e. The van der Waals surface area contributed by atoms with E-state index in [1.807, 2.05) is 49.5 Å². The summed E-state index contributed by atoms with van der Waals surface area (Å²) in [6.45, 7) is 2.37. The van der Waals surface area contributed by atoms with Gasteiger partial charge in [0.25, 0.3) is 0 Å². The van der Waals surface area contributed by atoms with Gasteiger partial charge in [-0.1, -0.05) is 18.2 Å². The fourth-order valence-electron chi connectivity index (χ4n) is 3.31. The summed E-state index contributed by atoms with van der Waals surface area (Å²) in [5.74, 6) is 0.674. The molecule has 0 aliphatic heterocycles. The molecule has 6 heteroatoms.